The van der Waals surface area contributed by atoms with E-state index in [4.69, 9.17) is 25.6 Å². The Morgan fingerprint density at radius 1 is 1.24 bits per heavy atom. The van der Waals surface area contributed by atoms with Crippen LogP contribution in [0.5, 0.6) is 11.5 Å². The number of rotatable bonds is 2. The Labute approximate surface area is 126 Å². The zero-order chi connectivity index (χ0) is 15.0. The highest BCUT2D eigenvalue weighted by molar-refractivity contribution is 6.34. The van der Waals surface area contributed by atoms with Crippen LogP contribution in [0.15, 0.2) is 16.7 Å². The van der Waals surface area contributed by atoms with Gasteiger partial charge >= 0.3 is 0 Å². The molecule has 0 spiro atoms. The molecule has 1 N–H and O–H groups in total. The first kappa shape index (κ1) is 13.8. The average Bonchev–Trinajstić information content (AvgIpc) is 2.79. The number of amides is 1. The van der Waals surface area contributed by atoms with Crippen LogP contribution in [0.25, 0.3) is 0 Å². The number of carbonyl (C=O) groups is 1. The summed E-state index contributed by atoms with van der Waals surface area (Å²) in [4.78, 5) is 12.3. The second-order valence-electron chi connectivity index (χ2n) is 4.63. The van der Waals surface area contributed by atoms with Crippen molar-refractivity contribution >= 4 is 23.2 Å². The van der Waals surface area contributed by atoms with E-state index in [2.05, 4.69) is 10.5 Å². The van der Waals surface area contributed by atoms with Gasteiger partial charge in [-0.05, 0) is 13.8 Å². The Morgan fingerprint density at radius 3 is 2.52 bits per heavy atom. The summed E-state index contributed by atoms with van der Waals surface area (Å²) >= 11 is 6.16. The minimum atomic E-state index is -0.329. The molecule has 1 aromatic carbocycles. The van der Waals surface area contributed by atoms with Gasteiger partial charge in [0, 0.05) is 12.1 Å². The highest BCUT2D eigenvalue weighted by Crippen LogP contribution is 2.38. The molecule has 1 aromatic heterocycles. The number of carbonyl (C=O) groups excluding carboxylic acids is 1. The van der Waals surface area contributed by atoms with Crippen LogP contribution in [0.2, 0.25) is 5.02 Å². The van der Waals surface area contributed by atoms with Gasteiger partial charge in [-0.15, -0.1) is 0 Å². The molecule has 7 heteroatoms. The van der Waals surface area contributed by atoms with Gasteiger partial charge in [0.05, 0.1) is 16.4 Å². The largest absolute Gasteiger partial charge is 0.486 e. The van der Waals surface area contributed by atoms with E-state index in [9.17, 15) is 4.79 Å². The standard InChI is InChI=1S/C14H13ClN2O4/c1-7-13(8(2)21-17-7)14(18)16-10-6-12-11(5-9(10)15)19-3-4-20-12/h5-6H,3-4H2,1-2H3,(H,16,18). The zero-order valence-corrected chi connectivity index (χ0v) is 12.3. The normalized spacial score (nSPS) is 13.1. The monoisotopic (exact) mass is 308 g/mol. The molecule has 3 rings (SSSR count). The Kier molecular flexibility index (Phi) is 3.47. The molecule has 0 saturated heterocycles. The van der Waals surface area contributed by atoms with Crippen LogP contribution in [0.4, 0.5) is 5.69 Å². The van der Waals surface area contributed by atoms with Gasteiger partial charge in [-0.25, -0.2) is 0 Å². The van der Waals surface area contributed by atoms with E-state index < -0.39 is 0 Å². The maximum atomic E-state index is 12.3. The van der Waals surface area contributed by atoms with Crippen LogP contribution in [0.1, 0.15) is 21.8 Å². The lowest BCUT2D eigenvalue weighted by Gasteiger charge is -2.20. The molecule has 1 aliphatic rings. The lowest BCUT2D eigenvalue weighted by Crippen LogP contribution is -2.17. The van der Waals surface area contributed by atoms with Crippen LogP contribution in [-0.2, 0) is 0 Å². The van der Waals surface area contributed by atoms with Gasteiger partial charge in [0.1, 0.15) is 24.5 Å². The lowest BCUT2D eigenvalue weighted by molar-refractivity contribution is 0.102. The van der Waals surface area contributed by atoms with Crippen LogP contribution in [-0.4, -0.2) is 24.3 Å². The molecular formula is C14H13ClN2O4. The van der Waals surface area contributed by atoms with E-state index in [1.165, 1.54) is 0 Å². The summed E-state index contributed by atoms with van der Waals surface area (Å²) in [7, 11) is 0. The van der Waals surface area contributed by atoms with Crippen molar-refractivity contribution in [2.24, 2.45) is 0 Å². The topological polar surface area (TPSA) is 73.6 Å². The number of benzene rings is 1. The van der Waals surface area contributed by atoms with Gasteiger partial charge in [-0.2, -0.15) is 0 Å². The van der Waals surface area contributed by atoms with Crippen LogP contribution >= 0.6 is 11.6 Å². The number of nitrogens with one attached hydrogen (secondary N) is 1. The number of hydrogen-bond acceptors (Lipinski definition) is 5. The number of anilines is 1. The minimum absolute atomic E-state index is 0.329. The van der Waals surface area contributed by atoms with Crippen LogP contribution < -0.4 is 14.8 Å². The quantitative estimate of drug-likeness (QED) is 0.923. The third-order valence-corrected chi connectivity index (χ3v) is 3.45. The summed E-state index contributed by atoms with van der Waals surface area (Å²) in [5, 5.41) is 6.87. The summed E-state index contributed by atoms with van der Waals surface area (Å²) in [5.41, 5.74) is 1.38. The lowest BCUT2D eigenvalue weighted by atomic mass is 10.2. The molecule has 2 heterocycles. The predicted octanol–water partition coefficient (Wildman–Crippen LogP) is 2.97. The summed E-state index contributed by atoms with van der Waals surface area (Å²) in [5.74, 6) is 1.25. The van der Waals surface area contributed by atoms with Crippen molar-refractivity contribution in [3.8, 4) is 11.5 Å². The van der Waals surface area contributed by atoms with Gasteiger partial charge in [0.25, 0.3) is 5.91 Å². The number of fused-ring (bicyclic) bond motifs is 1. The van der Waals surface area contributed by atoms with Crippen molar-refractivity contribution in [2.45, 2.75) is 13.8 Å². The molecule has 0 atom stereocenters. The molecule has 1 amide bonds. The van der Waals surface area contributed by atoms with Crippen molar-refractivity contribution in [3.63, 3.8) is 0 Å². The Hall–Kier alpha value is -2.21. The molecule has 0 fully saturated rings. The number of hydrogen-bond donors (Lipinski definition) is 1. The summed E-state index contributed by atoms with van der Waals surface area (Å²) in [6.07, 6.45) is 0. The maximum absolute atomic E-state index is 12.3. The second-order valence-corrected chi connectivity index (χ2v) is 5.04. The van der Waals surface area contributed by atoms with Gasteiger partial charge in [-0.3, -0.25) is 4.79 Å². The van der Waals surface area contributed by atoms with E-state index in [1.54, 1.807) is 26.0 Å². The Bertz CT molecular complexity index is 692. The summed E-state index contributed by atoms with van der Waals surface area (Å²) < 4.78 is 15.9. The molecule has 0 bridgehead atoms. The fourth-order valence-electron chi connectivity index (χ4n) is 2.15. The van der Waals surface area contributed by atoms with Gasteiger partial charge < -0.3 is 19.3 Å². The van der Waals surface area contributed by atoms with Crippen LogP contribution in [0.3, 0.4) is 0 Å². The molecule has 0 unspecified atom stereocenters. The molecule has 1 aliphatic heterocycles. The second kappa shape index (κ2) is 5.29. The number of ether oxygens (including phenoxy) is 2. The smallest absolute Gasteiger partial charge is 0.261 e. The number of halogens is 1. The minimum Gasteiger partial charge on any atom is -0.486 e. The number of aryl methyl sites for hydroxylation is 2. The van der Waals surface area contributed by atoms with E-state index in [0.717, 1.165) is 0 Å². The van der Waals surface area contributed by atoms with Crippen molar-refractivity contribution in [3.05, 3.63) is 34.2 Å². The summed E-state index contributed by atoms with van der Waals surface area (Å²) in [6.45, 7) is 4.33. The highest BCUT2D eigenvalue weighted by Gasteiger charge is 2.20. The molecule has 21 heavy (non-hydrogen) atoms. The van der Waals surface area contributed by atoms with Crippen molar-refractivity contribution < 1.29 is 18.8 Å². The first-order chi connectivity index (χ1) is 10.1. The van der Waals surface area contributed by atoms with Gasteiger partial charge in [0.2, 0.25) is 0 Å². The first-order valence-electron chi connectivity index (χ1n) is 6.39. The van der Waals surface area contributed by atoms with E-state index in [-0.39, 0.29) is 5.91 Å². The molecule has 0 radical (unpaired) electrons. The zero-order valence-electron chi connectivity index (χ0n) is 11.5. The van der Waals surface area contributed by atoms with Crippen molar-refractivity contribution in [1.29, 1.82) is 0 Å². The maximum Gasteiger partial charge on any atom is 0.261 e. The Morgan fingerprint density at radius 2 is 1.90 bits per heavy atom. The number of aromatic nitrogens is 1. The predicted molar refractivity (Wildman–Crippen MR) is 76.4 cm³/mol. The SMILES string of the molecule is Cc1noc(C)c1C(=O)Nc1cc2c(cc1Cl)OCCO2. The fraction of sp³-hybridized carbons (Fsp3) is 0.286. The summed E-state index contributed by atoms with van der Waals surface area (Å²) in [6, 6.07) is 3.27. The third-order valence-electron chi connectivity index (χ3n) is 3.14. The van der Waals surface area contributed by atoms with Crippen molar-refractivity contribution in [2.75, 3.05) is 18.5 Å². The van der Waals surface area contributed by atoms with E-state index >= 15 is 0 Å². The van der Waals surface area contributed by atoms with Crippen molar-refractivity contribution in [1.82, 2.24) is 5.16 Å². The molecular weight excluding hydrogens is 296 g/mol. The van der Waals surface area contributed by atoms with E-state index in [0.29, 0.717) is 52.4 Å². The van der Waals surface area contributed by atoms with Crippen LogP contribution in [0, 0.1) is 13.8 Å². The molecule has 0 aliphatic carbocycles. The molecule has 0 saturated carbocycles. The van der Waals surface area contributed by atoms with E-state index in [1.807, 2.05) is 0 Å². The average molecular weight is 309 g/mol. The molecule has 110 valence electrons. The highest BCUT2D eigenvalue weighted by atomic mass is 35.5. The van der Waals surface area contributed by atoms with Gasteiger partial charge in [-0.1, -0.05) is 16.8 Å². The fourth-order valence-corrected chi connectivity index (χ4v) is 2.35. The number of nitrogens with zero attached hydrogens (tertiary/aromatic N) is 1. The first-order valence-corrected chi connectivity index (χ1v) is 6.77. The molecule has 2 aromatic rings. The molecule has 6 nitrogen and oxygen atoms in total. The third kappa shape index (κ3) is 2.54. The Balaban J connectivity index is 1.90. The van der Waals surface area contributed by atoms with Gasteiger partial charge in [0.15, 0.2) is 11.5 Å².